The zero-order chi connectivity index (χ0) is 13.7. The number of terminal acetylenes is 1. The molecule has 0 aliphatic heterocycles. The Morgan fingerprint density at radius 2 is 1.65 bits per heavy atom. The minimum absolute atomic E-state index is 0.372. The van der Waals surface area contributed by atoms with Crippen molar-refractivity contribution in [3.63, 3.8) is 0 Å². The highest BCUT2D eigenvalue weighted by Crippen LogP contribution is 2.57. The number of fused-ring (bicyclic) bond motifs is 5. The summed E-state index contributed by atoms with van der Waals surface area (Å²) in [5, 5.41) is 0. The van der Waals surface area contributed by atoms with E-state index in [1.165, 1.54) is 44.1 Å². The maximum Gasteiger partial charge on any atom is 0.155 e. The van der Waals surface area contributed by atoms with Gasteiger partial charge >= 0.3 is 0 Å². The lowest BCUT2D eigenvalue weighted by atomic mass is 9.55. The van der Waals surface area contributed by atoms with Crippen molar-refractivity contribution in [2.45, 2.75) is 51.4 Å². The minimum Gasteiger partial charge on any atom is -0.295 e. The van der Waals surface area contributed by atoms with E-state index in [1.807, 2.05) is 6.08 Å². The summed E-state index contributed by atoms with van der Waals surface area (Å²) in [7, 11) is 0. The minimum atomic E-state index is 0.372. The van der Waals surface area contributed by atoms with Gasteiger partial charge in [0.1, 0.15) is 0 Å². The monoisotopic (exact) mass is 268 g/mol. The molecule has 1 heteroatoms. The Hall–Kier alpha value is -1.03. The van der Waals surface area contributed by atoms with Gasteiger partial charge in [-0.05, 0) is 80.6 Å². The number of allylic oxidation sites excluding steroid dienone is 1. The van der Waals surface area contributed by atoms with Crippen LogP contribution in [0.1, 0.15) is 51.4 Å². The third-order valence-electron chi connectivity index (χ3n) is 6.83. The lowest BCUT2D eigenvalue weighted by Gasteiger charge is -2.49. The van der Waals surface area contributed by atoms with Gasteiger partial charge in [0.25, 0.3) is 0 Å². The number of ketones is 1. The van der Waals surface area contributed by atoms with Crippen LogP contribution in [0.25, 0.3) is 0 Å². The van der Waals surface area contributed by atoms with Crippen LogP contribution in [0.2, 0.25) is 0 Å². The van der Waals surface area contributed by atoms with Gasteiger partial charge in [-0.1, -0.05) is 5.57 Å². The summed E-state index contributed by atoms with van der Waals surface area (Å²) in [6.07, 6.45) is 17.5. The van der Waals surface area contributed by atoms with Gasteiger partial charge in [-0.15, -0.1) is 12.3 Å². The van der Waals surface area contributed by atoms with Crippen LogP contribution >= 0.6 is 0 Å². The molecule has 0 amide bonds. The maximum absolute atomic E-state index is 11.6. The van der Waals surface area contributed by atoms with Crippen LogP contribution in [0.4, 0.5) is 0 Å². The van der Waals surface area contributed by atoms with Gasteiger partial charge < -0.3 is 0 Å². The fraction of sp³-hybridized carbons (Fsp3) is 0.737. The molecule has 0 saturated heterocycles. The molecule has 20 heavy (non-hydrogen) atoms. The molecule has 0 spiro atoms. The number of hydrogen-bond acceptors (Lipinski definition) is 1. The molecule has 0 heterocycles. The van der Waals surface area contributed by atoms with E-state index in [9.17, 15) is 4.79 Å². The van der Waals surface area contributed by atoms with Crippen molar-refractivity contribution in [1.29, 1.82) is 0 Å². The van der Waals surface area contributed by atoms with E-state index in [0.717, 1.165) is 42.4 Å². The van der Waals surface area contributed by atoms with Crippen molar-refractivity contribution >= 4 is 5.78 Å². The van der Waals surface area contributed by atoms with Crippen LogP contribution < -0.4 is 0 Å². The van der Waals surface area contributed by atoms with Crippen LogP contribution in [0.15, 0.2) is 11.6 Å². The molecule has 6 atom stereocenters. The van der Waals surface area contributed by atoms with Gasteiger partial charge in [0.15, 0.2) is 5.78 Å². The highest BCUT2D eigenvalue weighted by atomic mass is 16.1. The molecule has 0 aromatic carbocycles. The average molecular weight is 268 g/mol. The van der Waals surface area contributed by atoms with Gasteiger partial charge in [-0.2, -0.15) is 0 Å². The molecule has 0 unspecified atom stereocenters. The molecule has 1 nitrogen and oxygen atoms in total. The number of rotatable bonds is 0. The predicted octanol–water partition coefficient (Wildman–Crippen LogP) is 3.99. The van der Waals surface area contributed by atoms with E-state index in [1.54, 1.807) is 0 Å². The van der Waals surface area contributed by atoms with Crippen molar-refractivity contribution in [2.75, 3.05) is 0 Å². The van der Waals surface area contributed by atoms with E-state index in [4.69, 9.17) is 6.42 Å². The van der Waals surface area contributed by atoms with Crippen molar-refractivity contribution in [2.24, 2.45) is 35.5 Å². The molecular weight excluding hydrogens is 244 g/mol. The fourth-order valence-corrected chi connectivity index (χ4v) is 6.05. The quantitative estimate of drug-likeness (QED) is 0.607. The molecule has 106 valence electrons. The Balaban J connectivity index is 1.59. The summed E-state index contributed by atoms with van der Waals surface area (Å²) in [6, 6.07) is 0. The van der Waals surface area contributed by atoms with Crippen LogP contribution in [0.5, 0.6) is 0 Å². The highest BCUT2D eigenvalue weighted by Gasteiger charge is 2.49. The molecule has 4 aliphatic carbocycles. The summed E-state index contributed by atoms with van der Waals surface area (Å²) >= 11 is 0. The standard InChI is InChI=1S/C19H24O/c1-2-12-3-6-17-15(12)9-10-18-16-8-5-14(20)11-13(16)4-7-19(17)18/h1,11-12,15-19H,3-10H2/t12-,15+,16-,17+,18+,19-/m0/s1. The second kappa shape index (κ2) is 4.76. The van der Waals surface area contributed by atoms with Gasteiger partial charge in [0, 0.05) is 12.3 Å². The Morgan fingerprint density at radius 3 is 2.50 bits per heavy atom. The van der Waals surface area contributed by atoms with Crippen LogP contribution in [0, 0.1) is 47.9 Å². The molecule has 4 aliphatic rings. The third kappa shape index (κ3) is 1.80. The number of carbonyl (C=O) groups is 1. The normalized spacial score (nSPS) is 46.8. The summed E-state index contributed by atoms with van der Waals surface area (Å²) in [5.74, 6) is 8.21. The first-order chi connectivity index (χ1) is 9.78. The molecule has 0 aromatic rings. The van der Waals surface area contributed by atoms with Crippen molar-refractivity contribution in [3.8, 4) is 12.3 Å². The smallest absolute Gasteiger partial charge is 0.155 e. The van der Waals surface area contributed by atoms with Gasteiger partial charge in [-0.25, -0.2) is 0 Å². The first-order valence-electron chi connectivity index (χ1n) is 8.47. The second-order valence-corrected chi connectivity index (χ2v) is 7.45. The van der Waals surface area contributed by atoms with Gasteiger partial charge in [-0.3, -0.25) is 4.79 Å². The van der Waals surface area contributed by atoms with Gasteiger partial charge in [0.2, 0.25) is 0 Å². The van der Waals surface area contributed by atoms with E-state index in [0.29, 0.717) is 11.7 Å². The summed E-state index contributed by atoms with van der Waals surface area (Å²) < 4.78 is 0. The Bertz CT molecular complexity index is 494. The number of carbonyl (C=O) groups excluding carboxylic acids is 1. The van der Waals surface area contributed by atoms with Crippen LogP contribution in [-0.2, 0) is 4.79 Å². The van der Waals surface area contributed by atoms with Gasteiger partial charge in [0.05, 0.1) is 0 Å². The van der Waals surface area contributed by atoms with Crippen molar-refractivity contribution < 1.29 is 4.79 Å². The average Bonchev–Trinajstić information content (AvgIpc) is 2.89. The first-order valence-corrected chi connectivity index (χ1v) is 8.47. The Kier molecular flexibility index (Phi) is 3.02. The van der Waals surface area contributed by atoms with Crippen molar-refractivity contribution in [1.82, 2.24) is 0 Å². The lowest BCUT2D eigenvalue weighted by Crippen LogP contribution is -2.41. The summed E-state index contributed by atoms with van der Waals surface area (Å²) in [6.45, 7) is 0. The molecule has 0 radical (unpaired) electrons. The topological polar surface area (TPSA) is 17.1 Å². The molecular formula is C19H24O. The van der Waals surface area contributed by atoms with E-state index >= 15 is 0 Å². The lowest BCUT2D eigenvalue weighted by molar-refractivity contribution is -0.115. The first kappa shape index (κ1) is 12.7. The van der Waals surface area contributed by atoms with Crippen molar-refractivity contribution in [3.05, 3.63) is 11.6 Å². The molecule has 3 fully saturated rings. The number of hydrogen-bond donors (Lipinski definition) is 0. The summed E-state index contributed by atoms with van der Waals surface area (Å²) in [5.41, 5.74) is 1.49. The molecule has 4 rings (SSSR count). The van der Waals surface area contributed by atoms with Crippen LogP contribution in [0.3, 0.4) is 0 Å². The summed E-state index contributed by atoms with van der Waals surface area (Å²) in [4.78, 5) is 11.6. The highest BCUT2D eigenvalue weighted by molar-refractivity contribution is 5.91. The zero-order valence-electron chi connectivity index (χ0n) is 12.2. The Labute approximate surface area is 122 Å². The predicted molar refractivity (Wildman–Crippen MR) is 79.8 cm³/mol. The van der Waals surface area contributed by atoms with E-state index in [-0.39, 0.29) is 0 Å². The molecule has 0 bridgehead atoms. The van der Waals surface area contributed by atoms with E-state index in [2.05, 4.69) is 5.92 Å². The molecule has 0 aromatic heterocycles. The van der Waals surface area contributed by atoms with Crippen LogP contribution in [-0.4, -0.2) is 5.78 Å². The molecule has 3 saturated carbocycles. The largest absolute Gasteiger partial charge is 0.295 e. The second-order valence-electron chi connectivity index (χ2n) is 7.45. The zero-order valence-corrected chi connectivity index (χ0v) is 12.2. The molecule has 0 N–H and O–H groups in total. The maximum atomic E-state index is 11.6. The Morgan fingerprint density at radius 1 is 0.900 bits per heavy atom. The van der Waals surface area contributed by atoms with E-state index < -0.39 is 0 Å². The third-order valence-corrected chi connectivity index (χ3v) is 6.83. The SMILES string of the molecule is C#C[C@H]1CC[C@H]2[C@@H]3CCC4=CC(=O)CC[C@@H]4[C@H]3CC[C@@H]21. The fourth-order valence-electron chi connectivity index (χ4n) is 6.05.